The molecular weight excluding hydrogens is 1210 g/mol. The molecule has 2 unspecified atom stereocenters. The van der Waals surface area contributed by atoms with E-state index in [-0.39, 0.29) is 32.0 Å². The number of likely N-dealkylation sites (N-methyl/N-ethyl adjacent to an activating group) is 1. The second kappa shape index (κ2) is 74.3. The molecule has 0 heterocycles. The van der Waals surface area contributed by atoms with Crippen LogP contribution in [0.2, 0.25) is 0 Å². The number of esters is 2. The highest BCUT2D eigenvalue weighted by atomic mass is 31.2. The van der Waals surface area contributed by atoms with Gasteiger partial charge in [0.2, 0.25) is 0 Å². The van der Waals surface area contributed by atoms with Crippen LogP contribution >= 0.6 is 7.82 Å². The van der Waals surface area contributed by atoms with Crippen LogP contribution in [0.5, 0.6) is 0 Å². The van der Waals surface area contributed by atoms with E-state index in [1.165, 1.54) is 122 Å². The fourth-order valence-corrected chi connectivity index (χ4v) is 10.9. The highest BCUT2D eigenvalue weighted by Gasteiger charge is 2.27. The lowest BCUT2D eigenvalue weighted by Gasteiger charge is -2.24. The van der Waals surface area contributed by atoms with Gasteiger partial charge in [-0.3, -0.25) is 18.6 Å². The first-order valence-corrected chi connectivity index (χ1v) is 40.0. The lowest BCUT2D eigenvalue weighted by Crippen LogP contribution is -2.37. The third kappa shape index (κ3) is 78.1. The van der Waals surface area contributed by atoms with Crippen molar-refractivity contribution in [1.29, 1.82) is 0 Å². The number of phosphoric acid groups is 1. The number of carbonyl (C=O) groups excluding carboxylic acids is 2. The van der Waals surface area contributed by atoms with Crippen LogP contribution in [0.3, 0.4) is 0 Å². The quantitative estimate of drug-likeness (QED) is 0.0211. The number of ether oxygens (including phenoxy) is 2. The first kappa shape index (κ1) is 91.1. The molecule has 96 heavy (non-hydrogen) atoms. The van der Waals surface area contributed by atoms with Crippen molar-refractivity contribution in [3.8, 4) is 0 Å². The summed E-state index contributed by atoms with van der Waals surface area (Å²) in [6.45, 7) is 4.19. The average Bonchev–Trinajstić information content (AvgIpc) is 2.74. The molecule has 0 rings (SSSR count). The van der Waals surface area contributed by atoms with E-state index in [2.05, 4.69) is 196 Å². The molecule has 0 amide bonds. The van der Waals surface area contributed by atoms with Gasteiger partial charge in [-0.25, -0.2) is 4.57 Å². The topological polar surface area (TPSA) is 108 Å². The molecular formula is C86H143NO8P+. The Kier molecular flexibility index (Phi) is 70.5. The van der Waals surface area contributed by atoms with Crippen LogP contribution in [0.1, 0.15) is 296 Å². The number of allylic oxidation sites excluding steroid dienone is 30. The number of hydrogen-bond donors (Lipinski definition) is 1. The Morgan fingerprint density at radius 3 is 0.833 bits per heavy atom. The van der Waals surface area contributed by atoms with Gasteiger partial charge in [-0.2, -0.15) is 0 Å². The van der Waals surface area contributed by atoms with Crippen LogP contribution in [0.15, 0.2) is 182 Å². The van der Waals surface area contributed by atoms with Crippen LogP contribution in [-0.2, 0) is 32.7 Å². The molecule has 0 aliphatic carbocycles. The molecule has 1 N–H and O–H groups in total. The third-order valence-electron chi connectivity index (χ3n) is 15.9. The van der Waals surface area contributed by atoms with Gasteiger partial charge in [-0.1, -0.05) is 331 Å². The first-order chi connectivity index (χ1) is 47.0. The van der Waals surface area contributed by atoms with Crippen LogP contribution in [0, 0.1) is 0 Å². The predicted molar refractivity (Wildman–Crippen MR) is 417 cm³/mol. The minimum absolute atomic E-state index is 0.0215. The summed E-state index contributed by atoms with van der Waals surface area (Å²) >= 11 is 0. The van der Waals surface area contributed by atoms with Gasteiger partial charge in [0.15, 0.2) is 6.10 Å². The summed E-state index contributed by atoms with van der Waals surface area (Å²) in [5.74, 6) is -0.813. The summed E-state index contributed by atoms with van der Waals surface area (Å²) in [5, 5.41) is 0. The largest absolute Gasteiger partial charge is 0.472 e. The molecule has 10 heteroatoms. The van der Waals surface area contributed by atoms with Gasteiger partial charge in [0.05, 0.1) is 27.7 Å². The molecule has 0 fully saturated rings. The molecule has 0 saturated carbocycles. The molecule has 0 aliphatic heterocycles. The van der Waals surface area contributed by atoms with Gasteiger partial charge in [0.25, 0.3) is 0 Å². The number of quaternary nitrogens is 1. The molecule has 9 nitrogen and oxygen atoms in total. The summed E-state index contributed by atoms with van der Waals surface area (Å²) in [6, 6.07) is 0. The molecule has 0 radical (unpaired) electrons. The van der Waals surface area contributed by atoms with E-state index in [0.717, 1.165) is 141 Å². The van der Waals surface area contributed by atoms with Gasteiger partial charge in [0, 0.05) is 12.8 Å². The molecule has 544 valence electrons. The van der Waals surface area contributed by atoms with Crippen molar-refractivity contribution < 1.29 is 42.1 Å². The van der Waals surface area contributed by atoms with Gasteiger partial charge in [0.1, 0.15) is 19.8 Å². The highest BCUT2D eigenvalue weighted by molar-refractivity contribution is 7.47. The fraction of sp³-hybridized carbons (Fsp3) is 0.628. The van der Waals surface area contributed by atoms with Crippen molar-refractivity contribution >= 4 is 19.8 Å². The summed E-state index contributed by atoms with van der Waals surface area (Å²) in [5.41, 5.74) is 0. The lowest BCUT2D eigenvalue weighted by atomic mass is 10.0. The van der Waals surface area contributed by atoms with E-state index in [1.807, 2.05) is 21.1 Å². The Labute approximate surface area is 591 Å². The average molecular weight is 1350 g/mol. The Morgan fingerprint density at radius 2 is 0.562 bits per heavy atom. The molecule has 0 spiro atoms. The Balaban J connectivity index is 4.07. The summed E-state index contributed by atoms with van der Waals surface area (Å²) < 4.78 is 34.8. The SMILES string of the molecule is CC/C=C\C/C=C\C/C=C\C/C=C\C/C=C\C/C=C\C/C=C\C/C=C\C/C=C\CCCCCCCCCC(=O)OC(COC(=O)CCCCCCCCCCCCCCCCCCCC/C=C\C/C=C\C/C=C\C/C=C\C/C=C\C/C=C\CC)COP(=O)(O)OCC[N+](C)(C)C. The molecule has 0 aromatic rings. The summed E-state index contributed by atoms with van der Waals surface area (Å²) in [7, 11) is 1.45. The van der Waals surface area contributed by atoms with E-state index >= 15 is 0 Å². The molecule has 0 bridgehead atoms. The van der Waals surface area contributed by atoms with Crippen LogP contribution < -0.4 is 0 Å². The summed E-state index contributed by atoms with van der Waals surface area (Å²) in [6.07, 6.45) is 114. The Bertz CT molecular complexity index is 2280. The predicted octanol–water partition coefficient (Wildman–Crippen LogP) is 25.8. The van der Waals surface area contributed by atoms with Crippen molar-refractivity contribution in [3.05, 3.63) is 182 Å². The van der Waals surface area contributed by atoms with Crippen molar-refractivity contribution in [2.45, 2.75) is 302 Å². The van der Waals surface area contributed by atoms with E-state index in [9.17, 15) is 19.0 Å². The zero-order chi connectivity index (χ0) is 69.7. The van der Waals surface area contributed by atoms with Gasteiger partial charge >= 0.3 is 19.8 Å². The highest BCUT2D eigenvalue weighted by Crippen LogP contribution is 2.43. The number of nitrogens with zero attached hydrogens (tertiary/aromatic N) is 1. The first-order valence-electron chi connectivity index (χ1n) is 38.5. The standard InChI is InChI=1S/C86H142NO8P/c1-6-8-10-12-14-16-18-20-22-24-26-28-30-32-34-36-38-40-42-43-45-46-48-50-52-54-56-58-60-62-64-66-68-70-72-74-76-78-85(88)92-82-84(83-94-96(90,91)93-81-80-87(3,4)5)95-86(89)79-77-75-73-71-69-67-65-63-61-59-57-55-53-51-49-47-44-41-39-37-35-33-31-29-27-25-23-21-19-17-15-13-11-9-7-2/h8-11,14-17,20-23,26-29,32-35,38-41,47,49,53,55,59,61,84H,6-7,12-13,18-19,24-25,30-31,36-37,42-46,48,50-52,54,56-58,60,62-83H2,1-5H3/p+1/b10-8-,11-9-,16-14-,17-15-,22-20-,23-21-,28-26-,29-27-,34-32-,35-33-,40-38-,41-39-,49-47-,55-53-,61-59-. The van der Waals surface area contributed by atoms with Gasteiger partial charge in [-0.15, -0.1) is 0 Å². The fourth-order valence-electron chi connectivity index (χ4n) is 10.1. The Hall–Kier alpha value is -4.89. The zero-order valence-electron chi connectivity index (χ0n) is 62.0. The van der Waals surface area contributed by atoms with Crippen molar-refractivity contribution in [3.63, 3.8) is 0 Å². The number of phosphoric ester groups is 1. The van der Waals surface area contributed by atoms with Crippen molar-refractivity contribution in [2.24, 2.45) is 0 Å². The van der Waals surface area contributed by atoms with E-state index in [1.54, 1.807) is 0 Å². The number of unbranched alkanes of at least 4 members (excludes halogenated alkanes) is 25. The van der Waals surface area contributed by atoms with E-state index in [0.29, 0.717) is 17.4 Å². The normalized spacial score (nSPS) is 14.1. The van der Waals surface area contributed by atoms with Crippen LogP contribution in [0.25, 0.3) is 0 Å². The molecule has 2 atom stereocenters. The lowest BCUT2D eigenvalue weighted by molar-refractivity contribution is -0.870. The monoisotopic (exact) mass is 1350 g/mol. The summed E-state index contributed by atoms with van der Waals surface area (Å²) in [4.78, 5) is 36.0. The molecule has 0 saturated heterocycles. The van der Waals surface area contributed by atoms with Crippen LogP contribution in [-0.4, -0.2) is 74.9 Å². The molecule has 0 aromatic heterocycles. The Morgan fingerprint density at radius 1 is 0.323 bits per heavy atom. The smallest absolute Gasteiger partial charge is 0.462 e. The zero-order valence-corrected chi connectivity index (χ0v) is 62.9. The number of rotatable bonds is 69. The van der Waals surface area contributed by atoms with E-state index in [4.69, 9.17) is 18.5 Å². The van der Waals surface area contributed by atoms with Crippen LogP contribution in [0.4, 0.5) is 0 Å². The maximum Gasteiger partial charge on any atom is 0.472 e. The maximum atomic E-state index is 12.9. The van der Waals surface area contributed by atoms with Crippen molar-refractivity contribution in [1.82, 2.24) is 0 Å². The second-order valence-electron chi connectivity index (χ2n) is 26.3. The number of carbonyl (C=O) groups is 2. The van der Waals surface area contributed by atoms with E-state index < -0.39 is 26.5 Å². The maximum absolute atomic E-state index is 12.9. The minimum Gasteiger partial charge on any atom is -0.462 e. The third-order valence-corrected chi connectivity index (χ3v) is 16.9. The minimum atomic E-state index is -4.41. The second-order valence-corrected chi connectivity index (χ2v) is 27.7. The van der Waals surface area contributed by atoms with Crippen molar-refractivity contribution in [2.75, 3.05) is 47.5 Å². The molecule has 0 aromatic carbocycles. The molecule has 0 aliphatic rings. The van der Waals surface area contributed by atoms with Gasteiger partial charge in [-0.05, 0) is 135 Å². The van der Waals surface area contributed by atoms with Gasteiger partial charge < -0.3 is 18.9 Å². The number of hydrogen-bond acceptors (Lipinski definition) is 7.